The maximum absolute atomic E-state index is 10.9. The number of hydrogen-bond acceptors (Lipinski definition) is 6. The first-order chi connectivity index (χ1) is 8.51. The topological polar surface area (TPSA) is 52.8 Å². The number of thiazole rings is 1. The second-order valence-corrected chi connectivity index (χ2v) is 5.20. The molecule has 0 aliphatic carbocycles. The van der Waals surface area contributed by atoms with Gasteiger partial charge in [-0.1, -0.05) is 5.16 Å². The first kappa shape index (κ1) is 14.8. The molecule has 7 heteroatoms. The standard InChI is InChI=1S/C11H16N2O3S2/c1-5-13-8(3)10(18-11(13)17)7(2)12-16-6-9(14)15-4/h5-6H2,1-4H3/b12-7+. The maximum Gasteiger partial charge on any atom is 0.346 e. The fourth-order valence-corrected chi connectivity index (χ4v) is 2.97. The highest BCUT2D eigenvalue weighted by molar-refractivity contribution is 7.73. The van der Waals surface area contributed by atoms with Crippen molar-refractivity contribution in [1.29, 1.82) is 0 Å². The normalized spacial score (nSPS) is 11.4. The quantitative estimate of drug-likeness (QED) is 0.361. The molecule has 0 radical (unpaired) electrons. The molecule has 100 valence electrons. The van der Waals surface area contributed by atoms with Crippen LogP contribution in [-0.4, -0.2) is 30.0 Å². The number of carbonyl (C=O) groups excluding carboxylic acids is 1. The Hall–Kier alpha value is -1.21. The zero-order valence-corrected chi connectivity index (χ0v) is 12.5. The average Bonchev–Trinajstić information content (AvgIpc) is 2.64. The van der Waals surface area contributed by atoms with Crippen LogP contribution in [0.3, 0.4) is 0 Å². The highest BCUT2D eigenvalue weighted by Crippen LogP contribution is 2.19. The molecule has 0 aliphatic rings. The van der Waals surface area contributed by atoms with E-state index < -0.39 is 5.97 Å². The van der Waals surface area contributed by atoms with Gasteiger partial charge in [0, 0.05) is 12.2 Å². The van der Waals surface area contributed by atoms with Crippen LogP contribution in [0.4, 0.5) is 0 Å². The molecule has 0 saturated carbocycles. The summed E-state index contributed by atoms with van der Waals surface area (Å²) in [6, 6.07) is 0. The van der Waals surface area contributed by atoms with Crippen LogP contribution in [0.2, 0.25) is 0 Å². The van der Waals surface area contributed by atoms with E-state index in [0.29, 0.717) is 5.71 Å². The fourth-order valence-electron chi connectivity index (χ4n) is 1.46. The highest BCUT2D eigenvalue weighted by atomic mass is 32.1. The third-order valence-corrected chi connectivity index (χ3v) is 4.06. The number of esters is 1. The maximum atomic E-state index is 10.9. The number of aromatic nitrogens is 1. The Morgan fingerprint density at radius 1 is 1.56 bits per heavy atom. The van der Waals surface area contributed by atoms with Gasteiger partial charge in [-0.3, -0.25) is 0 Å². The van der Waals surface area contributed by atoms with E-state index in [9.17, 15) is 4.79 Å². The largest absolute Gasteiger partial charge is 0.466 e. The van der Waals surface area contributed by atoms with E-state index in [0.717, 1.165) is 21.1 Å². The second-order valence-electron chi connectivity index (χ2n) is 3.55. The lowest BCUT2D eigenvalue weighted by molar-refractivity contribution is -0.145. The molecule has 0 saturated heterocycles. The molecule has 1 aromatic heterocycles. The third-order valence-electron chi connectivity index (χ3n) is 2.40. The number of nitrogens with zero attached hydrogens (tertiary/aromatic N) is 2. The number of carbonyl (C=O) groups is 1. The SMILES string of the molecule is CCn1c(C)c(/C(C)=N/OCC(=O)OC)sc1=S. The van der Waals surface area contributed by atoms with Crippen LogP contribution in [0.25, 0.3) is 0 Å². The molecule has 0 fully saturated rings. The molecule has 0 N–H and O–H groups in total. The van der Waals surface area contributed by atoms with E-state index in [-0.39, 0.29) is 6.61 Å². The van der Waals surface area contributed by atoms with Gasteiger partial charge in [0.15, 0.2) is 3.95 Å². The Kier molecular flexibility index (Phi) is 5.49. The summed E-state index contributed by atoms with van der Waals surface area (Å²) in [4.78, 5) is 16.8. The smallest absolute Gasteiger partial charge is 0.346 e. The van der Waals surface area contributed by atoms with Crippen LogP contribution in [0.1, 0.15) is 24.4 Å². The van der Waals surface area contributed by atoms with Crippen LogP contribution < -0.4 is 0 Å². The summed E-state index contributed by atoms with van der Waals surface area (Å²) >= 11 is 6.75. The van der Waals surface area contributed by atoms with Crippen molar-refractivity contribution in [2.75, 3.05) is 13.7 Å². The summed E-state index contributed by atoms with van der Waals surface area (Å²) in [5.41, 5.74) is 1.77. The van der Waals surface area contributed by atoms with E-state index in [2.05, 4.69) is 9.89 Å². The van der Waals surface area contributed by atoms with Gasteiger partial charge < -0.3 is 14.1 Å². The molecular weight excluding hydrogens is 272 g/mol. The highest BCUT2D eigenvalue weighted by Gasteiger charge is 2.11. The van der Waals surface area contributed by atoms with Gasteiger partial charge in [0.25, 0.3) is 0 Å². The van der Waals surface area contributed by atoms with Gasteiger partial charge in [0.05, 0.1) is 17.7 Å². The summed E-state index contributed by atoms with van der Waals surface area (Å²) in [6.07, 6.45) is 0. The van der Waals surface area contributed by atoms with Gasteiger partial charge >= 0.3 is 5.97 Å². The molecule has 18 heavy (non-hydrogen) atoms. The second kappa shape index (κ2) is 6.65. The molecule has 1 aromatic rings. The van der Waals surface area contributed by atoms with Gasteiger partial charge in [0.1, 0.15) is 0 Å². The van der Waals surface area contributed by atoms with Crippen LogP contribution in [0.5, 0.6) is 0 Å². The zero-order chi connectivity index (χ0) is 13.7. The van der Waals surface area contributed by atoms with Crippen molar-refractivity contribution in [3.8, 4) is 0 Å². The van der Waals surface area contributed by atoms with Crippen molar-refractivity contribution in [1.82, 2.24) is 4.57 Å². The molecule has 1 rings (SSSR count). The molecule has 0 spiro atoms. The Morgan fingerprint density at radius 3 is 2.72 bits per heavy atom. The molecule has 1 heterocycles. The number of hydrogen-bond donors (Lipinski definition) is 0. The van der Waals surface area contributed by atoms with Crippen LogP contribution in [-0.2, 0) is 20.9 Å². The van der Waals surface area contributed by atoms with E-state index in [1.165, 1.54) is 18.4 Å². The van der Waals surface area contributed by atoms with Gasteiger partial charge in [-0.2, -0.15) is 0 Å². The summed E-state index contributed by atoms with van der Waals surface area (Å²) in [6.45, 7) is 6.50. The van der Waals surface area contributed by atoms with Crippen molar-refractivity contribution in [3.63, 3.8) is 0 Å². The zero-order valence-electron chi connectivity index (χ0n) is 10.8. The Bertz CT molecular complexity index is 517. The van der Waals surface area contributed by atoms with E-state index in [1.807, 2.05) is 25.3 Å². The predicted octanol–water partition coefficient (Wildman–Crippen LogP) is 2.52. The predicted molar refractivity (Wildman–Crippen MR) is 73.7 cm³/mol. The Balaban J connectivity index is 2.84. The van der Waals surface area contributed by atoms with E-state index >= 15 is 0 Å². The number of methoxy groups -OCH3 is 1. The summed E-state index contributed by atoms with van der Waals surface area (Å²) in [5.74, 6) is -0.456. The van der Waals surface area contributed by atoms with Crippen LogP contribution in [0, 0.1) is 10.9 Å². The number of oxime groups is 1. The molecular formula is C11H16N2O3S2. The van der Waals surface area contributed by atoms with Crippen molar-refractivity contribution in [2.45, 2.75) is 27.3 Å². The third kappa shape index (κ3) is 3.39. The van der Waals surface area contributed by atoms with Gasteiger partial charge in [-0.05, 0) is 33.0 Å². The fraction of sp³-hybridized carbons (Fsp3) is 0.545. The summed E-state index contributed by atoms with van der Waals surface area (Å²) < 4.78 is 7.30. The first-order valence-corrected chi connectivity index (χ1v) is 6.67. The van der Waals surface area contributed by atoms with Crippen molar-refractivity contribution in [2.24, 2.45) is 5.16 Å². The molecule has 0 unspecified atom stereocenters. The summed E-state index contributed by atoms with van der Waals surface area (Å²) in [7, 11) is 1.30. The summed E-state index contributed by atoms with van der Waals surface area (Å²) in [5, 5.41) is 3.90. The molecule has 5 nitrogen and oxygen atoms in total. The van der Waals surface area contributed by atoms with Crippen LogP contribution in [0.15, 0.2) is 5.16 Å². The Labute approximate surface area is 115 Å². The Morgan fingerprint density at radius 2 is 2.22 bits per heavy atom. The minimum Gasteiger partial charge on any atom is -0.466 e. The number of rotatable bonds is 5. The molecule has 0 amide bonds. The van der Waals surface area contributed by atoms with E-state index in [4.69, 9.17) is 17.1 Å². The molecule has 0 atom stereocenters. The first-order valence-electron chi connectivity index (χ1n) is 5.45. The number of ether oxygens (including phenoxy) is 1. The lowest BCUT2D eigenvalue weighted by atomic mass is 10.3. The molecule has 0 aromatic carbocycles. The lowest BCUT2D eigenvalue weighted by Gasteiger charge is -2.03. The monoisotopic (exact) mass is 288 g/mol. The van der Waals surface area contributed by atoms with Crippen LogP contribution >= 0.6 is 23.6 Å². The van der Waals surface area contributed by atoms with E-state index in [1.54, 1.807) is 0 Å². The van der Waals surface area contributed by atoms with Crippen molar-refractivity contribution < 1.29 is 14.4 Å². The van der Waals surface area contributed by atoms with Gasteiger partial charge in [-0.15, -0.1) is 11.3 Å². The average molecular weight is 288 g/mol. The molecule has 0 bridgehead atoms. The lowest BCUT2D eigenvalue weighted by Crippen LogP contribution is -2.09. The van der Waals surface area contributed by atoms with Gasteiger partial charge in [0.2, 0.25) is 6.61 Å². The minimum absolute atomic E-state index is 0.188. The van der Waals surface area contributed by atoms with Gasteiger partial charge in [-0.25, -0.2) is 4.79 Å². The molecule has 0 aliphatic heterocycles. The van der Waals surface area contributed by atoms with Crippen molar-refractivity contribution in [3.05, 3.63) is 14.5 Å². The minimum atomic E-state index is -0.456. The van der Waals surface area contributed by atoms with Crippen molar-refractivity contribution >= 4 is 35.2 Å².